The molecule has 1 N–H and O–H groups in total. The summed E-state index contributed by atoms with van der Waals surface area (Å²) in [6, 6.07) is 7.25. The van der Waals surface area contributed by atoms with Crippen molar-refractivity contribution < 1.29 is 0 Å². The molecule has 1 saturated carbocycles. The van der Waals surface area contributed by atoms with E-state index in [4.69, 9.17) is 0 Å². The number of hydrogen-bond acceptors (Lipinski definition) is 1. The Bertz CT molecular complexity index is 449. The summed E-state index contributed by atoms with van der Waals surface area (Å²) >= 11 is 0. The van der Waals surface area contributed by atoms with Gasteiger partial charge in [0, 0.05) is 13.1 Å². The Labute approximate surface area is 117 Å². The number of hydrogen-bond donors (Lipinski definition) is 1. The Kier molecular flexibility index (Phi) is 3.42. The fourth-order valence-corrected chi connectivity index (χ4v) is 3.84. The third-order valence-electron chi connectivity index (χ3n) is 5.06. The van der Waals surface area contributed by atoms with Crippen molar-refractivity contribution in [3.05, 3.63) is 34.9 Å². The van der Waals surface area contributed by atoms with Crippen LogP contribution >= 0.6 is 0 Å². The molecule has 0 bridgehead atoms. The smallest absolute Gasteiger partial charge is 0.0208 e. The van der Waals surface area contributed by atoms with Crippen LogP contribution in [0.5, 0.6) is 0 Å². The molecule has 0 spiro atoms. The van der Waals surface area contributed by atoms with E-state index in [2.05, 4.69) is 44.3 Å². The highest BCUT2D eigenvalue weighted by molar-refractivity contribution is 5.39. The average Bonchev–Trinajstić information content (AvgIpc) is 2.90. The number of fused-ring (bicyclic) bond motifs is 1. The van der Waals surface area contributed by atoms with Crippen molar-refractivity contribution in [2.75, 3.05) is 6.54 Å². The lowest BCUT2D eigenvalue weighted by Gasteiger charge is -2.32. The molecule has 104 valence electrons. The summed E-state index contributed by atoms with van der Waals surface area (Å²) in [5.41, 5.74) is 4.92. The van der Waals surface area contributed by atoms with Crippen LogP contribution in [-0.4, -0.2) is 6.54 Å². The first-order valence-corrected chi connectivity index (χ1v) is 7.90. The van der Waals surface area contributed by atoms with E-state index in [1.807, 2.05) is 0 Å². The highest BCUT2D eigenvalue weighted by Gasteiger charge is 2.30. The number of rotatable bonds is 1. The van der Waals surface area contributed by atoms with Crippen molar-refractivity contribution in [2.24, 2.45) is 5.92 Å². The van der Waals surface area contributed by atoms with E-state index >= 15 is 0 Å². The molecule has 1 fully saturated rings. The second-order valence-corrected chi connectivity index (χ2v) is 7.45. The Morgan fingerprint density at radius 3 is 2.53 bits per heavy atom. The van der Waals surface area contributed by atoms with Gasteiger partial charge in [0.05, 0.1) is 0 Å². The number of benzene rings is 1. The van der Waals surface area contributed by atoms with Crippen LogP contribution in [0.1, 0.15) is 69.1 Å². The number of nitrogens with one attached hydrogen (secondary N) is 1. The van der Waals surface area contributed by atoms with Crippen LogP contribution in [0.25, 0.3) is 0 Å². The molecule has 1 nitrogen and oxygen atoms in total. The van der Waals surface area contributed by atoms with Crippen LogP contribution in [0.15, 0.2) is 18.2 Å². The van der Waals surface area contributed by atoms with Crippen LogP contribution in [0.2, 0.25) is 0 Å². The van der Waals surface area contributed by atoms with Gasteiger partial charge in [-0.1, -0.05) is 51.8 Å². The molecule has 0 amide bonds. The lowest BCUT2D eigenvalue weighted by atomic mass is 9.78. The van der Waals surface area contributed by atoms with Crippen molar-refractivity contribution in [2.45, 2.75) is 64.3 Å². The maximum absolute atomic E-state index is 3.65. The third kappa shape index (κ3) is 2.58. The third-order valence-corrected chi connectivity index (χ3v) is 5.06. The van der Waals surface area contributed by atoms with Gasteiger partial charge in [-0.2, -0.15) is 0 Å². The van der Waals surface area contributed by atoms with E-state index in [0.29, 0.717) is 0 Å². The molecule has 1 aromatic carbocycles. The lowest BCUT2D eigenvalue weighted by Crippen LogP contribution is -2.32. The maximum atomic E-state index is 3.65. The summed E-state index contributed by atoms with van der Waals surface area (Å²) in [7, 11) is 0. The van der Waals surface area contributed by atoms with E-state index in [-0.39, 0.29) is 5.41 Å². The van der Waals surface area contributed by atoms with Crippen molar-refractivity contribution >= 4 is 0 Å². The van der Waals surface area contributed by atoms with Crippen LogP contribution in [-0.2, 0) is 12.0 Å². The van der Waals surface area contributed by atoms with Crippen molar-refractivity contribution in [1.29, 1.82) is 0 Å². The van der Waals surface area contributed by atoms with E-state index in [9.17, 15) is 0 Å². The zero-order valence-corrected chi connectivity index (χ0v) is 12.6. The van der Waals surface area contributed by atoms with E-state index in [1.165, 1.54) is 37.8 Å². The first-order valence-electron chi connectivity index (χ1n) is 7.90. The maximum Gasteiger partial charge on any atom is 0.0208 e. The molecule has 3 rings (SSSR count). The topological polar surface area (TPSA) is 12.0 Å². The fourth-order valence-electron chi connectivity index (χ4n) is 3.84. The summed E-state index contributed by atoms with van der Waals surface area (Å²) in [6.07, 6.45) is 5.76. The summed E-state index contributed by atoms with van der Waals surface area (Å²) in [4.78, 5) is 0. The van der Waals surface area contributed by atoms with Gasteiger partial charge in [0.15, 0.2) is 0 Å². The lowest BCUT2D eigenvalue weighted by molar-refractivity contribution is 0.391. The minimum absolute atomic E-state index is 0.259. The second kappa shape index (κ2) is 4.94. The zero-order chi connectivity index (χ0) is 13.5. The predicted octanol–water partition coefficient (Wildman–Crippen LogP) is 4.36. The first kappa shape index (κ1) is 13.2. The van der Waals surface area contributed by atoms with Crippen LogP contribution < -0.4 is 5.32 Å². The molecule has 0 saturated heterocycles. The van der Waals surface area contributed by atoms with Crippen LogP contribution in [0.3, 0.4) is 0 Å². The van der Waals surface area contributed by atoms with Crippen LogP contribution in [0, 0.1) is 5.92 Å². The molecule has 1 unspecified atom stereocenters. The first-order chi connectivity index (χ1) is 9.05. The molecule has 1 aliphatic carbocycles. The normalized spacial score (nSPS) is 24.5. The molecule has 1 heteroatoms. The Balaban J connectivity index is 1.92. The molecule has 19 heavy (non-hydrogen) atoms. The fraction of sp³-hybridized carbons (Fsp3) is 0.667. The van der Waals surface area contributed by atoms with Gasteiger partial charge in [-0.25, -0.2) is 0 Å². The van der Waals surface area contributed by atoms with Crippen molar-refractivity contribution in [3.8, 4) is 0 Å². The Morgan fingerprint density at radius 1 is 1.11 bits per heavy atom. The Hall–Kier alpha value is -0.820. The molecule has 0 radical (unpaired) electrons. The molecule has 2 aliphatic rings. The van der Waals surface area contributed by atoms with Gasteiger partial charge in [-0.15, -0.1) is 0 Å². The standard InChI is InChI=1S/C18H27N/c1-18(2,3)15-8-9-16-14(10-15)11-19-12-17(16)13-6-4-5-7-13/h8-10,13,17,19H,4-7,11-12H2,1-3H3. The van der Waals surface area contributed by atoms with Gasteiger partial charge in [-0.05, 0) is 46.8 Å². The summed E-state index contributed by atoms with van der Waals surface area (Å²) in [6.45, 7) is 9.16. The Morgan fingerprint density at radius 2 is 1.84 bits per heavy atom. The highest BCUT2D eigenvalue weighted by Crippen LogP contribution is 2.40. The van der Waals surface area contributed by atoms with Gasteiger partial charge in [0.1, 0.15) is 0 Å². The SMILES string of the molecule is CC(C)(C)c1ccc2c(c1)CNCC2C1CCCC1. The van der Waals surface area contributed by atoms with Gasteiger partial charge in [0.2, 0.25) is 0 Å². The average molecular weight is 257 g/mol. The summed E-state index contributed by atoms with van der Waals surface area (Å²) in [5.74, 6) is 1.69. The van der Waals surface area contributed by atoms with Crippen molar-refractivity contribution in [3.63, 3.8) is 0 Å². The molecule has 1 atom stereocenters. The summed E-state index contributed by atoms with van der Waals surface area (Å²) in [5, 5.41) is 3.65. The van der Waals surface area contributed by atoms with Crippen LogP contribution in [0.4, 0.5) is 0 Å². The summed E-state index contributed by atoms with van der Waals surface area (Å²) < 4.78 is 0. The van der Waals surface area contributed by atoms with Gasteiger partial charge < -0.3 is 5.32 Å². The predicted molar refractivity (Wildman–Crippen MR) is 81.5 cm³/mol. The monoisotopic (exact) mass is 257 g/mol. The highest BCUT2D eigenvalue weighted by atomic mass is 14.9. The molecular weight excluding hydrogens is 230 g/mol. The minimum atomic E-state index is 0.259. The minimum Gasteiger partial charge on any atom is -0.312 e. The molecule has 1 aromatic rings. The van der Waals surface area contributed by atoms with Gasteiger partial charge in [-0.3, -0.25) is 0 Å². The molecule has 1 heterocycles. The molecule has 1 aliphatic heterocycles. The largest absolute Gasteiger partial charge is 0.312 e. The van der Waals surface area contributed by atoms with Gasteiger partial charge in [0.25, 0.3) is 0 Å². The van der Waals surface area contributed by atoms with Gasteiger partial charge >= 0.3 is 0 Å². The second-order valence-electron chi connectivity index (χ2n) is 7.45. The zero-order valence-electron chi connectivity index (χ0n) is 12.6. The van der Waals surface area contributed by atoms with E-state index in [0.717, 1.165) is 18.4 Å². The van der Waals surface area contributed by atoms with E-state index in [1.54, 1.807) is 11.1 Å². The molecular formula is C18H27N. The van der Waals surface area contributed by atoms with Crippen molar-refractivity contribution in [1.82, 2.24) is 5.32 Å². The van der Waals surface area contributed by atoms with E-state index < -0.39 is 0 Å². The molecule has 0 aromatic heterocycles. The quantitative estimate of drug-likeness (QED) is 0.788.